The van der Waals surface area contributed by atoms with E-state index in [-0.39, 0.29) is 102 Å². The molecule has 16 atom stereocenters. The van der Waals surface area contributed by atoms with Gasteiger partial charge in [-0.2, -0.15) is 37.0 Å². The third-order valence-electron chi connectivity index (χ3n) is 20.2. The summed E-state index contributed by atoms with van der Waals surface area (Å²) in [5, 5.41) is 83.1. The number of carboxylic acids is 4. The van der Waals surface area contributed by atoms with E-state index in [1.54, 1.807) is 78.1 Å². The lowest BCUT2D eigenvalue weighted by Crippen LogP contribution is -2.61. The van der Waals surface area contributed by atoms with E-state index in [4.69, 9.17) is 39.2 Å². The van der Waals surface area contributed by atoms with E-state index >= 15 is 0 Å². The monoisotopic (exact) mass is 1910 g/mol. The van der Waals surface area contributed by atoms with Crippen LogP contribution < -0.4 is 108 Å². The molecule has 0 unspecified atom stereocenters. The zero-order valence-electron chi connectivity index (χ0n) is 74.7. The van der Waals surface area contributed by atoms with Crippen LogP contribution >= 0.6 is 37.0 Å². The standard InChI is InChI=1S/C81H132N22O25S3/c1-40(2)32-52(97-69(116)48(21-24-60(84)104)92-67(114)46(18-12-13-28-82)91-76(123)56(36-61(85)105)101-75(122)55(35-44-16-10-9-11-17-44)100-71(118)50(27-31-131-8)90-66(113)45(83)38-129)72(119)89-43(7)65(112)96-57(37-64(110)111)77(124)99-53(33-41(3)4)73(120)93-49(22-25-62(106)107)70(117)98-54(34-42(5)6)74(121)102-58(39-130)79(126)103-30-15-20-59(103)78(125)94-47(19-14-29-88-81(86)87)68(115)95-51(80(127)128)23-26-63(108)109/h9-11,16-17,40-43,45-59,129-130H,12-15,18-39,82-83H2,1-8H3,(H2,84,104)(H2,85,105)(H,89,119)(H,90,113)(H,91,123)(H,92,114)(H,93,120)(H,94,125)(H,95,115)(H,96,112)(H,97,116)(H,98,117)(H,99,124)(H,100,118)(H,101,122)(H,102,121)(H,106,107)(H,108,109)(H,110,111)(H,127,128)(H4,86,87,88)/t43-,45-,46-,47-,48-,49-,50-,51-,52-,53-,54-,55-,56-,57-,58-,59-/m0/s1. The fourth-order valence-corrected chi connectivity index (χ4v) is 14.2. The van der Waals surface area contributed by atoms with Crippen molar-refractivity contribution in [1.82, 2.24) is 84.7 Å². The largest absolute Gasteiger partial charge is 0.481 e. The first-order chi connectivity index (χ1) is 61.6. The van der Waals surface area contributed by atoms with E-state index in [1.807, 2.05) is 0 Å². The molecule has 131 heavy (non-hydrogen) atoms. The SMILES string of the molecule is CSCC[C@H](NC(=O)[C@@H](N)CS)C(=O)N[C@@H](Cc1ccccc1)C(=O)N[C@@H](CC(N)=O)C(=O)N[C@@H](CCCCN)C(=O)N[C@@H](CCC(N)=O)C(=O)N[C@@H](CC(C)C)C(=O)N[C@@H](C)C(=O)N[C@@H](CC(=O)O)C(=O)N[C@@H](CC(C)C)C(=O)N[C@@H](CCC(=O)O)C(=O)N[C@@H](CC(C)C)C(=O)N[C@@H](CS)C(=O)N1CCC[C@H]1C(=O)N[C@@H](CCCNC(=N)N)C(=O)N[C@@H](CCC(=O)O)C(=O)O. The van der Waals surface area contributed by atoms with E-state index < -0.39 is 302 Å². The lowest BCUT2D eigenvalue weighted by atomic mass is 10.00. The van der Waals surface area contributed by atoms with E-state index in [2.05, 4.69) is 105 Å². The number of aliphatic carboxylic acids is 4. The molecule has 0 aromatic heterocycles. The average molecular weight is 1910 g/mol. The van der Waals surface area contributed by atoms with Gasteiger partial charge in [0.25, 0.3) is 0 Å². The molecule has 1 aliphatic rings. The Kier molecular flexibility index (Phi) is 53.1. The molecule has 0 aliphatic carbocycles. The van der Waals surface area contributed by atoms with Crippen LogP contribution in [-0.2, 0) is 107 Å². The highest BCUT2D eigenvalue weighted by molar-refractivity contribution is 7.98. The number of thiol groups is 2. The molecular weight excluding hydrogens is 1780 g/mol. The molecule has 0 spiro atoms. The average Bonchev–Trinajstić information content (AvgIpc) is 1.60. The van der Waals surface area contributed by atoms with Crippen LogP contribution in [0.15, 0.2) is 30.3 Å². The van der Waals surface area contributed by atoms with E-state index in [9.17, 15) is 116 Å². The number of carbonyl (C=O) groups is 21. The van der Waals surface area contributed by atoms with Crippen molar-refractivity contribution in [1.29, 1.82) is 5.41 Å². The highest BCUT2D eigenvalue weighted by Gasteiger charge is 2.43. The fourth-order valence-electron chi connectivity index (χ4n) is 13.4. The number of nitrogens with one attached hydrogen (secondary N) is 16. The summed E-state index contributed by atoms with van der Waals surface area (Å²) in [7, 11) is 0. The number of rotatable bonds is 64. The van der Waals surface area contributed by atoms with Crippen LogP contribution in [0.2, 0.25) is 0 Å². The van der Waals surface area contributed by atoms with Gasteiger partial charge in [-0.3, -0.25) is 101 Å². The van der Waals surface area contributed by atoms with Gasteiger partial charge >= 0.3 is 23.9 Å². The summed E-state index contributed by atoms with van der Waals surface area (Å²) in [5.41, 5.74) is 28.7. The molecule has 17 amide bonds. The number of unbranched alkanes of at least 4 members (excludes halogenated alkanes) is 1. The molecule has 1 aromatic carbocycles. The molecule has 1 fully saturated rings. The van der Waals surface area contributed by atoms with Gasteiger partial charge in [0, 0.05) is 50.3 Å². The highest BCUT2D eigenvalue weighted by Crippen LogP contribution is 2.22. The first-order valence-electron chi connectivity index (χ1n) is 42.9. The Balaban J connectivity index is 2.48. The van der Waals surface area contributed by atoms with Crippen molar-refractivity contribution in [2.75, 3.05) is 43.1 Å². The van der Waals surface area contributed by atoms with E-state index in [0.717, 1.165) is 11.8 Å². The Morgan fingerprint density at radius 2 is 0.824 bits per heavy atom. The van der Waals surface area contributed by atoms with Crippen LogP contribution in [0, 0.1) is 23.2 Å². The third kappa shape index (κ3) is 44.7. The molecule has 1 heterocycles. The maximum atomic E-state index is 14.5. The number of primary amides is 2. The van der Waals surface area contributed by atoms with Crippen molar-refractivity contribution in [3.63, 3.8) is 0 Å². The zero-order chi connectivity index (χ0) is 99.1. The lowest BCUT2D eigenvalue weighted by molar-refractivity contribution is -0.144. The second-order valence-corrected chi connectivity index (χ2v) is 34.5. The molecular formula is C81H132N22O25S3. The van der Waals surface area contributed by atoms with E-state index in [1.165, 1.54) is 11.8 Å². The van der Waals surface area contributed by atoms with Crippen LogP contribution in [-0.4, -0.2) is 295 Å². The minimum atomic E-state index is -2.04. The highest BCUT2D eigenvalue weighted by atomic mass is 32.2. The van der Waals surface area contributed by atoms with Gasteiger partial charge in [-0.15, -0.1) is 0 Å². The lowest BCUT2D eigenvalue weighted by Gasteiger charge is -2.31. The molecule has 2 rings (SSSR count). The molecule has 0 bridgehead atoms. The summed E-state index contributed by atoms with van der Waals surface area (Å²) >= 11 is 9.73. The number of hydrogen-bond acceptors (Lipinski definition) is 27. The quantitative estimate of drug-likeness (QED) is 0.0125. The topological polar surface area (TPSA) is 777 Å². The number of nitrogens with zero attached hydrogens (tertiary/aromatic N) is 1. The molecule has 1 saturated heterocycles. The molecule has 30 N–H and O–H groups in total. The second kappa shape index (κ2) is 60.3. The van der Waals surface area contributed by atoms with Gasteiger partial charge in [-0.05, 0) is 139 Å². The van der Waals surface area contributed by atoms with Crippen LogP contribution in [0.4, 0.5) is 0 Å². The normalized spacial score (nSPS) is 15.7. The number of carboxylic acid groups (broad SMARTS) is 4. The van der Waals surface area contributed by atoms with Crippen molar-refractivity contribution in [3.8, 4) is 0 Å². The second-order valence-electron chi connectivity index (χ2n) is 32.8. The van der Waals surface area contributed by atoms with Gasteiger partial charge in [0.2, 0.25) is 100 Å². The summed E-state index contributed by atoms with van der Waals surface area (Å²) < 4.78 is 0. The Bertz CT molecular complexity index is 4100. The number of likely N-dealkylation sites (tertiary alicyclic amines) is 1. The van der Waals surface area contributed by atoms with E-state index in [0.29, 0.717) is 11.3 Å². The maximum absolute atomic E-state index is 14.5. The Morgan fingerprint density at radius 3 is 1.27 bits per heavy atom. The van der Waals surface area contributed by atoms with Crippen molar-refractivity contribution in [3.05, 3.63) is 35.9 Å². The number of benzene rings is 1. The van der Waals surface area contributed by atoms with Gasteiger partial charge < -0.3 is 134 Å². The number of amides is 17. The minimum absolute atomic E-state index is 0.0309. The zero-order valence-corrected chi connectivity index (χ0v) is 77.3. The van der Waals surface area contributed by atoms with Crippen LogP contribution in [0.3, 0.4) is 0 Å². The van der Waals surface area contributed by atoms with Gasteiger partial charge in [-0.25, -0.2) is 4.79 Å². The summed E-state index contributed by atoms with van der Waals surface area (Å²) in [6, 6.07) is -16.9. The molecule has 0 saturated carbocycles. The molecule has 1 aromatic rings. The Morgan fingerprint density at radius 1 is 0.435 bits per heavy atom. The Hall–Kier alpha value is -11.7. The van der Waals surface area contributed by atoms with Gasteiger partial charge in [0.1, 0.15) is 90.6 Å². The predicted molar refractivity (Wildman–Crippen MR) is 483 cm³/mol. The summed E-state index contributed by atoms with van der Waals surface area (Å²) in [6.45, 7) is 11.0. The number of guanidine groups is 1. The van der Waals surface area contributed by atoms with Crippen molar-refractivity contribution in [2.24, 2.45) is 46.4 Å². The predicted octanol–water partition coefficient (Wildman–Crippen LogP) is -6.07. The number of nitrogens with two attached hydrogens (primary N) is 5. The third-order valence-corrected chi connectivity index (χ3v) is 21.6. The maximum Gasteiger partial charge on any atom is 0.326 e. The minimum Gasteiger partial charge on any atom is -0.481 e. The van der Waals surface area contributed by atoms with Crippen LogP contribution in [0.5, 0.6) is 0 Å². The molecule has 50 heteroatoms. The fraction of sp³-hybridized carbons (Fsp3) is 0.654. The van der Waals surface area contributed by atoms with Crippen LogP contribution in [0.1, 0.15) is 176 Å². The van der Waals surface area contributed by atoms with Gasteiger partial charge in [-0.1, -0.05) is 71.9 Å². The molecule has 0 radical (unpaired) electrons. The summed E-state index contributed by atoms with van der Waals surface area (Å²) in [5.74, 6) is -25.4. The first kappa shape index (κ1) is 115. The molecule has 734 valence electrons. The Labute approximate surface area is 773 Å². The van der Waals surface area contributed by atoms with Crippen LogP contribution in [0.25, 0.3) is 0 Å². The smallest absolute Gasteiger partial charge is 0.326 e. The number of hydrogen-bond donors (Lipinski definition) is 27. The number of thioether (sulfide) groups is 1. The van der Waals surface area contributed by atoms with Crippen molar-refractivity contribution < 1.29 is 121 Å². The summed E-state index contributed by atoms with van der Waals surface area (Å²) in [4.78, 5) is 286. The van der Waals surface area contributed by atoms with Crippen molar-refractivity contribution in [2.45, 2.75) is 274 Å². The summed E-state index contributed by atoms with van der Waals surface area (Å²) in [6.07, 6.45) is -4.21. The number of carbonyl (C=O) groups excluding carboxylic acids is 17. The van der Waals surface area contributed by atoms with Gasteiger partial charge in [0.15, 0.2) is 5.96 Å². The molecule has 47 nitrogen and oxygen atoms in total. The van der Waals surface area contributed by atoms with Crippen molar-refractivity contribution >= 4 is 167 Å². The first-order valence-corrected chi connectivity index (χ1v) is 45.5. The van der Waals surface area contributed by atoms with Gasteiger partial charge in [0.05, 0.1) is 18.9 Å². The molecule has 1 aliphatic heterocycles.